The van der Waals surface area contributed by atoms with E-state index in [-0.39, 0.29) is 18.7 Å². The van der Waals surface area contributed by atoms with Crippen LogP contribution >= 0.6 is 11.6 Å². The first kappa shape index (κ1) is 25.1. The molecule has 4 rings (SSSR count). The van der Waals surface area contributed by atoms with Crippen molar-refractivity contribution in [1.82, 2.24) is 10.1 Å². The van der Waals surface area contributed by atoms with Crippen LogP contribution in [0, 0.1) is 6.92 Å². The van der Waals surface area contributed by atoms with Crippen LogP contribution in [0.1, 0.15) is 47.3 Å². The lowest BCUT2D eigenvalue weighted by Crippen LogP contribution is -2.12. The van der Waals surface area contributed by atoms with Gasteiger partial charge in [-0.15, -0.1) is 0 Å². The normalized spacial score (nSPS) is 11.7. The van der Waals surface area contributed by atoms with E-state index in [0.29, 0.717) is 27.7 Å². The van der Waals surface area contributed by atoms with Crippen molar-refractivity contribution in [3.8, 4) is 22.6 Å². The summed E-state index contributed by atoms with van der Waals surface area (Å²) in [5.74, 6) is -0.429. The van der Waals surface area contributed by atoms with E-state index >= 15 is 0 Å². The molecule has 184 valence electrons. The van der Waals surface area contributed by atoms with E-state index in [0.717, 1.165) is 16.7 Å². The van der Waals surface area contributed by atoms with Crippen LogP contribution in [0.2, 0.25) is 5.02 Å². The Morgan fingerprint density at radius 1 is 1.03 bits per heavy atom. The summed E-state index contributed by atoms with van der Waals surface area (Å²) >= 11 is 6.24. The maximum Gasteiger partial charge on any atom is 0.356 e. The number of aryl methyl sites for hydroxylation is 1. The SMILES string of the molecule is CCOC(=O)c1cccc(-c2cccc(-c3onc(C)c3CC(=O)OC(C)c3ccccc3Cl)c2)n1. The van der Waals surface area contributed by atoms with Gasteiger partial charge in [0.1, 0.15) is 11.8 Å². The lowest BCUT2D eigenvalue weighted by molar-refractivity contribution is -0.147. The van der Waals surface area contributed by atoms with Crippen LogP contribution in [-0.4, -0.2) is 28.7 Å². The van der Waals surface area contributed by atoms with Gasteiger partial charge in [0, 0.05) is 27.3 Å². The third-order valence-corrected chi connectivity index (χ3v) is 5.96. The van der Waals surface area contributed by atoms with E-state index in [1.54, 1.807) is 39.0 Å². The molecule has 2 heterocycles. The number of aromatic nitrogens is 2. The van der Waals surface area contributed by atoms with Crippen LogP contribution in [0.25, 0.3) is 22.6 Å². The Morgan fingerprint density at radius 3 is 2.56 bits per heavy atom. The molecule has 0 bridgehead atoms. The fourth-order valence-electron chi connectivity index (χ4n) is 3.81. The predicted octanol–water partition coefficient (Wildman–Crippen LogP) is 6.39. The molecule has 0 saturated carbocycles. The van der Waals surface area contributed by atoms with Crippen molar-refractivity contribution in [3.63, 3.8) is 0 Å². The number of ether oxygens (including phenoxy) is 2. The molecular formula is C28H25ClN2O5. The van der Waals surface area contributed by atoms with Crippen molar-refractivity contribution in [2.75, 3.05) is 6.61 Å². The fraction of sp³-hybridized carbons (Fsp3) is 0.214. The summed E-state index contributed by atoms with van der Waals surface area (Å²) in [5, 5.41) is 4.62. The average Bonchev–Trinajstić information content (AvgIpc) is 3.24. The monoisotopic (exact) mass is 504 g/mol. The predicted molar refractivity (Wildman–Crippen MR) is 136 cm³/mol. The Hall–Kier alpha value is -3.97. The Labute approximate surface area is 214 Å². The summed E-state index contributed by atoms with van der Waals surface area (Å²) in [5.41, 5.74) is 4.29. The maximum absolute atomic E-state index is 12.8. The molecule has 0 fully saturated rings. The first-order valence-corrected chi connectivity index (χ1v) is 11.9. The van der Waals surface area contributed by atoms with Gasteiger partial charge in [0.2, 0.25) is 0 Å². The number of carbonyl (C=O) groups excluding carboxylic acids is 2. The summed E-state index contributed by atoms with van der Waals surface area (Å²) in [7, 11) is 0. The van der Waals surface area contributed by atoms with E-state index in [9.17, 15) is 9.59 Å². The van der Waals surface area contributed by atoms with Gasteiger partial charge in [-0.25, -0.2) is 9.78 Å². The van der Waals surface area contributed by atoms with E-state index in [1.807, 2.05) is 48.5 Å². The quantitative estimate of drug-likeness (QED) is 0.257. The minimum atomic E-state index is -0.504. The topological polar surface area (TPSA) is 91.5 Å². The number of rotatable bonds is 8. The number of benzene rings is 2. The van der Waals surface area contributed by atoms with Crippen LogP contribution in [0.4, 0.5) is 0 Å². The summed E-state index contributed by atoms with van der Waals surface area (Å²) in [6, 6.07) is 19.9. The lowest BCUT2D eigenvalue weighted by Gasteiger charge is -2.15. The average molecular weight is 505 g/mol. The molecular weight excluding hydrogens is 480 g/mol. The molecule has 4 aromatic rings. The van der Waals surface area contributed by atoms with E-state index in [1.165, 1.54) is 0 Å². The summed E-state index contributed by atoms with van der Waals surface area (Å²) < 4.78 is 16.3. The van der Waals surface area contributed by atoms with Crippen molar-refractivity contribution in [1.29, 1.82) is 0 Å². The van der Waals surface area contributed by atoms with Gasteiger partial charge in [0.25, 0.3) is 0 Å². The van der Waals surface area contributed by atoms with Gasteiger partial charge in [-0.3, -0.25) is 4.79 Å². The first-order valence-electron chi connectivity index (χ1n) is 11.5. The number of carbonyl (C=O) groups is 2. The highest BCUT2D eigenvalue weighted by atomic mass is 35.5. The molecule has 0 spiro atoms. The lowest BCUT2D eigenvalue weighted by atomic mass is 10.0. The van der Waals surface area contributed by atoms with Crippen molar-refractivity contribution < 1.29 is 23.6 Å². The number of pyridine rings is 1. The van der Waals surface area contributed by atoms with Crippen LogP contribution in [0.5, 0.6) is 0 Å². The molecule has 0 aliphatic heterocycles. The van der Waals surface area contributed by atoms with Gasteiger partial charge in [-0.05, 0) is 45.0 Å². The smallest absolute Gasteiger partial charge is 0.356 e. The molecule has 0 saturated heterocycles. The number of esters is 2. The zero-order chi connectivity index (χ0) is 25.7. The second kappa shape index (κ2) is 11.2. The summed E-state index contributed by atoms with van der Waals surface area (Å²) in [6.07, 6.45) is -0.517. The van der Waals surface area contributed by atoms with Gasteiger partial charge >= 0.3 is 11.9 Å². The molecule has 0 N–H and O–H groups in total. The second-order valence-corrected chi connectivity index (χ2v) is 8.52. The first-order chi connectivity index (χ1) is 17.4. The third-order valence-electron chi connectivity index (χ3n) is 5.61. The molecule has 0 radical (unpaired) electrons. The number of halogens is 1. The Kier molecular flexibility index (Phi) is 7.80. The van der Waals surface area contributed by atoms with Crippen LogP contribution in [-0.2, 0) is 20.7 Å². The third kappa shape index (κ3) is 5.63. The number of nitrogens with zero attached hydrogens (tertiary/aromatic N) is 2. The van der Waals surface area contributed by atoms with Gasteiger partial charge in [0.05, 0.1) is 24.4 Å². The number of hydrogen-bond acceptors (Lipinski definition) is 7. The largest absolute Gasteiger partial charge is 0.461 e. The molecule has 2 aromatic carbocycles. The molecule has 7 nitrogen and oxygen atoms in total. The van der Waals surface area contributed by atoms with E-state index in [2.05, 4.69) is 10.1 Å². The Bertz CT molecular complexity index is 1400. The number of hydrogen-bond donors (Lipinski definition) is 0. The molecule has 36 heavy (non-hydrogen) atoms. The van der Waals surface area contributed by atoms with Crippen molar-refractivity contribution in [2.45, 2.75) is 33.3 Å². The van der Waals surface area contributed by atoms with E-state index in [4.69, 9.17) is 25.6 Å². The van der Waals surface area contributed by atoms with Crippen LogP contribution < -0.4 is 0 Å². The molecule has 8 heteroatoms. The summed E-state index contributed by atoms with van der Waals surface area (Å²) in [4.78, 5) is 29.3. The molecule has 1 unspecified atom stereocenters. The Morgan fingerprint density at radius 2 is 1.78 bits per heavy atom. The molecule has 1 atom stereocenters. The zero-order valence-corrected chi connectivity index (χ0v) is 20.9. The second-order valence-electron chi connectivity index (χ2n) is 8.12. The van der Waals surface area contributed by atoms with Crippen molar-refractivity contribution >= 4 is 23.5 Å². The van der Waals surface area contributed by atoms with E-state index < -0.39 is 18.0 Å². The highest BCUT2D eigenvalue weighted by Gasteiger charge is 2.22. The van der Waals surface area contributed by atoms with Gasteiger partial charge in [-0.2, -0.15) is 0 Å². The maximum atomic E-state index is 12.8. The van der Waals surface area contributed by atoms with Gasteiger partial charge in [0.15, 0.2) is 5.76 Å². The Balaban J connectivity index is 1.57. The highest BCUT2D eigenvalue weighted by molar-refractivity contribution is 6.31. The van der Waals surface area contributed by atoms with Crippen molar-refractivity contribution in [3.05, 3.63) is 94.3 Å². The van der Waals surface area contributed by atoms with Crippen LogP contribution in [0.3, 0.4) is 0 Å². The summed E-state index contributed by atoms with van der Waals surface area (Å²) in [6.45, 7) is 5.58. The van der Waals surface area contributed by atoms with Gasteiger partial charge in [-0.1, -0.05) is 59.2 Å². The standard InChI is InChI=1S/C28H25ClN2O5/c1-4-34-28(33)25-14-8-13-24(30-25)19-9-7-10-20(15-19)27-22(17(2)31-36-27)16-26(32)35-18(3)21-11-5-6-12-23(21)29/h5-15,18H,4,16H2,1-3H3. The molecule has 0 aliphatic rings. The minimum absolute atomic E-state index is 0.0136. The molecule has 2 aromatic heterocycles. The van der Waals surface area contributed by atoms with Crippen LogP contribution in [0.15, 0.2) is 71.3 Å². The minimum Gasteiger partial charge on any atom is -0.461 e. The fourth-order valence-corrected chi connectivity index (χ4v) is 4.10. The molecule has 0 aliphatic carbocycles. The molecule has 0 amide bonds. The van der Waals surface area contributed by atoms with Gasteiger partial charge < -0.3 is 14.0 Å². The zero-order valence-electron chi connectivity index (χ0n) is 20.2. The van der Waals surface area contributed by atoms with Crippen molar-refractivity contribution in [2.24, 2.45) is 0 Å². The highest BCUT2D eigenvalue weighted by Crippen LogP contribution is 2.31.